The van der Waals surface area contributed by atoms with Crippen LogP contribution in [0.3, 0.4) is 0 Å². The fraction of sp³-hybridized carbons (Fsp3) is 0.440. The third-order valence-electron chi connectivity index (χ3n) is 6.71. The fourth-order valence-corrected chi connectivity index (χ4v) is 5.26. The number of likely N-dealkylation sites (tertiary alicyclic amines) is 2. The molecule has 1 unspecified atom stereocenters. The Kier molecular flexibility index (Phi) is 5.74. The van der Waals surface area contributed by atoms with E-state index in [4.69, 9.17) is 0 Å². The molecule has 0 bridgehead atoms. The zero-order chi connectivity index (χ0) is 21.2. The molecule has 2 aromatic rings. The average molecular weight is 419 g/mol. The standard InChI is InChI=1S/C25H30N4O2/c30-24(18-28-15-7-8-19(17-28)16-27-13-5-6-14-27)29-22-11-3-1-9-20(22)25(31)26-21-10-2-4-12-23(21)29/h1-4,9-12,19H,5-8,13-18H2,(H,26,31). The molecule has 1 N–H and O–H groups in total. The molecule has 2 fully saturated rings. The second kappa shape index (κ2) is 8.81. The maximum Gasteiger partial charge on any atom is 0.257 e. The highest BCUT2D eigenvalue weighted by Crippen LogP contribution is 2.37. The highest BCUT2D eigenvalue weighted by atomic mass is 16.2. The van der Waals surface area contributed by atoms with Crippen LogP contribution in [0.1, 0.15) is 36.0 Å². The first kappa shape index (κ1) is 20.2. The first-order valence-electron chi connectivity index (χ1n) is 11.5. The van der Waals surface area contributed by atoms with Gasteiger partial charge < -0.3 is 10.2 Å². The normalized spacial score (nSPS) is 21.9. The maximum absolute atomic E-state index is 13.6. The number of carbonyl (C=O) groups is 2. The van der Waals surface area contributed by atoms with Gasteiger partial charge in [0.25, 0.3) is 5.91 Å². The van der Waals surface area contributed by atoms with E-state index in [-0.39, 0.29) is 11.8 Å². The summed E-state index contributed by atoms with van der Waals surface area (Å²) in [6.45, 7) is 5.88. The van der Waals surface area contributed by atoms with E-state index >= 15 is 0 Å². The number of anilines is 3. The van der Waals surface area contributed by atoms with Gasteiger partial charge in [0.05, 0.1) is 29.2 Å². The molecule has 3 aliphatic rings. The van der Waals surface area contributed by atoms with Crippen LogP contribution >= 0.6 is 0 Å². The Morgan fingerprint density at radius 3 is 2.45 bits per heavy atom. The first-order valence-corrected chi connectivity index (χ1v) is 11.5. The van der Waals surface area contributed by atoms with E-state index < -0.39 is 0 Å². The van der Waals surface area contributed by atoms with Crippen LogP contribution in [-0.4, -0.2) is 60.9 Å². The van der Waals surface area contributed by atoms with Gasteiger partial charge in [-0.15, -0.1) is 0 Å². The van der Waals surface area contributed by atoms with Gasteiger partial charge in [-0.2, -0.15) is 0 Å². The topological polar surface area (TPSA) is 55.9 Å². The number of nitrogens with one attached hydrogen (secondary N) is 1. The molecule has 5 rings (SSSR count). The summed E-state index contributed by atoms with van der Waals surface area (Å²) >= 11 is 0. The summed E-state index contributed by atoms with van der Waals surface area (Å²) in [5.74, 6) is 0.465. The van der Waals surface area contributed by atoms with Crippen LogP contribution in [-0.2, 0) is 4.79 Å². The molecule has 0 radical (unpaired) electrons. The molecule has 3 heterocycles. The summed E-state index contributed by atoms with van der Waals surface area (Å²) in [5, 5.41) is 2.96. The average Bonchev–Trinajstić information content (AvgIpc) is 3.24. The van der Waals surface area contributed by atoms with E-state index in [2.05, 4.69) is 15.1 Å². The van der Waals surface area contributed by atoms with Gasteiger partial charge in [-0.1, -0.05) is 24.3 Å². The minimum atomic E-state index is -0.179. The van der Waals surface area contributed by atoms with Gasteiger partial charge in [0.1, 0.15) is 0 Å². The van der Waals surface area contributed by atoms with Crippen molar-refractivity contribution in [1.29, 1.82) is 0 Å². The highest BCUT2D eigenvalue weighted by Gasteiger charge is 2.31. The zero-order valence-electron chi connectivity index (χ0n) is 17.9. The lowest BCUT2D eigenvalue weighted by Gasteiger charge is -2.35. The molecule has 3 aliphatic heterocycles. The van der Waals surface area contributed by atoms with Crippen molar-refractivity contribution in [2.75, 3.05) is 49.5 Å². The smallest absolute Gasteiger partial charge is 0.257 e. The van der Waals surface area contributed by atoms with Crippen molar-refractivity contribution in [2.24, 2.45) is 5.92 Å². The molecule has 0 aliphatic carbocycles. The molecule has 6 heteroatoms. The van der Waals surface area contributed by atoms with Gasteiger partial charge in [-0.25, -0.2) is 0 Å². The zero-order valence-corrected chi connectivity index (χ0v) is 17.9. The van der Waals surface area contributed by atoms with Crippen molar-refractivity contribution < 1.29 is 9.59 Å². The van der Waals surface area contributed by atoms with Gasteiger partial charge in [0.2, 0.25) is 5.91 Å². The number of para-hydroxylation sites is 3. The van der Waals surface area contributed by atoms with E-state index in [1.807, 2.05) is 42.5 Å². The Morgan fingerprint density at radius 2 is 1.61 bits per heavy atom. The van der Waals surface area contributed by atoms with Crippen LogP contribution in [0.2, 0.25) is 0 Å². The molecule has 2 aromatic carbocycles. The number of piperidine rings is 1. The number of amides is 2. The minimum absolute atomic E-state index is 0.0122. The van der Waals surface area contributed by atoms with Gasteiger partial charge in [0.15, 0.2) is 0 Å². The van der Waals surface area contributed by atoms with E-state index in [1.165, 1.54) is 32.4 Å². The Hall–Kier alpha value is -2.70. The van der Waals surface area contributed by atoms with Crippen molar-refractivity contribution in [3.63, 3.8) is 0 Å². The molecule has 2 amide bonds. The van der Waals surface area contributed by atoms with E-state index in [0.717, 1.165) is 31.7 Å². The lowest BCUT2D eigenvalue weighted by atomic mass is 9.97. The lowest BCUT2D eigenvalue weighted by molar-refractivity contribution is -0.119. The van der Waals surface area contributed by atoms with Crippen LogP contribution in [0.25, 0.3) is 0 Å². The monoisotopic (exact) mass is 418 g/mol. The predicted octanol–water partition coefficient (Wildman–Crippen LogP) is 3.72. The van der Waals surface area contributed by atoms with Gasteiger partial charge in [0, 0.05) is 13.1 Å². The quantitative estimate of drug-likeness (QED) is 0.822. The van der Waals surface area contributed by atoms with Crippen molar-refractivity contribution in [2.45, 2.75) is 25.7 Å². The summed E-state index contributed by atoms with van der Waals surface area (Å²) < 4.78 is 0. The number of rotatable bonds is 4. The van der Waals surface area contributed by atoms with Gasteiger partial charge in [-0.3, -0.25) is 19.4 Å². The first-order chi connectivity index (χ1) is 15.2. The molecular formula is C25H30N4O2. The molecule has 31 heavy (non-hydrogen) atoms. The van der Waals surface area contributed by atoms with E-state index in [1.54, 1.807) is 11.0 Å². The largest absolute Gasteiger partial charge is 0.320 e. The van der Waals surface area contributed by atoms with Crippen molar-refractivity contribution in [3.05, 3.63) is 54.1 Å². The Morgan fingerprint density at radius 1 is 0.903 bits per heavy atom. The summed E-state index contributed by atoms with van der Waals surface area (Å²) in [6.07, 6.45) is 5.01. The number of benzene rings is 2. The number of nitrogens with zero attached hydrogens (tertiary/aromatic N) is 3. The number of hydrogen-bond acceptors (Lipinski definition) is 4. The number of carbonyl (C=O) groups excluding carboxylic acids is 2. The van der Waals surface area contributed by atoms with Crippen LogP contribution in [0.4, 0.5) is 17.1 Å². The third kappa shape index (κ3) is 4.23. The molecule has 1 atom stereocenters. The molecule has 2 saturated heterocycles. The summed E-state index contributed by atoms with van der Waals surface area (Å²) in [4.78, 5) is 33.0. The third-order valence-corrected chi connectivity index (χ3v) is 6.71. The lowest BCUT2D eigenvalue weighted by Crippen LogP contribution is -2.45. The van der Waals surface area contributed by atoms with E-state index in [0.29, 0.717) is 29.4 Å². The van der Waals surface area contributed by atoms with Crippen LogP contribution in [0, 0.1) is 5.92 Å². The Balaban J connectivity index is 1.37. The summed E-state index contributed by atoms with van der Waals surface area (Å²) in [6, 6.07) is 14.9. The molecule has 0 saturated carbocycles. The predicted molar refractivity (Wildman–Crippen MR) is 123 cm³/mol. The molecule has 0 spiro atoms. The fourth-order valence-electron chi connectivity index (χ4n) is 5.26. The summed E-state index contributed by atoms with van der Waals surface area (Å²) in [7, 11) is 0. The van der Waals surface area contributed by atoms with Crippen molar-refractivity contribution in [1.82, 2.24) is 9.80 Å². The van der Waals surface area contributed by atoms with E-state index in [9.17, 15) is 9.59 Å². The Bertz CT molecular complexity index is 969. The highest BCUT2D eigenvalue weighted by molar-refractivity contribution is 6.17. The van der Waals surface area contributed by atoms with Crippen LogP contribution in [0.15, 0.2) is 48.5 Å². The molecule has 0 aromatic heterocycles. The second-order valence-corrected chi connectivity index (χ2v) is 8.97. The second-order valence-electron chi connectivity index (χ2n) is 8.97. The molecule has 162 valence electrons. The van der Waals surface area contributed by atoms with Gasteiger partial charge >= 0.3 is 0 Å². The van der Waals surface area contributed by atoms with Crippen LogP contribution < -0.4 is 10.2 Å². The minimum Gasteiger partial charge on any atom is -0.320 e. The van der Waals surface area contributed by atoms with Crippen molar-refractivity contribution >= 4 is 28.9 Å². The Labute approximate surface area is 183 Å². The van der Waals surface area contributed by atoms with Crippen LogP contribution in [0.5, 0.6) is 0 Å². The summed E-state index contributed by atoms with van der Waals surface area (Å²) in [5.41, 5.74) is 2.58. The molecular weight excluding hydrogens is 388 g/mol. The molecule has 6 nitrogen and oxygen atoms in total. The van der Waals surface area contributed by atoms with Gasteiger partial charge in [-0.05, 0) is 75.5 Å². The number of fused-ring (bicyclic) bond motifs is 2. The van der Waals surface area contributed by atoms with Crippen molar-refractivity contribution in [3.8, 4) is 0 Å². The SMILES string of the molecule is O=C1Nc2ccccc2N(C(=O)CN2CCCC(CN3CCCC3)C2)c2ccccc21. The maximum atomic E-state index is 13.6. The number of hydrogen-bond donors (Lipinski definition) is 1.